The van der Waals surface area contributed by atoms with Crippen LogP contribution >= 0.6 is 23.2 Å². The fourth-order valence-electron chi connectivity index (χ4n) is 3.28. The highest BCUT2D eigenvalue weighted by atomic mass is 35.5. The molecule has 7 heteroatoms. The van der Waals surface area contributed by atoms with Crippen LogP contribution in [0.3, 0.4) is 0 Å². The second-order valence-electron chi connectivity index (χ2n) is 6.53. The Morgan fingerprint density at radius 2 is 2.04 bits per heavy atom. The number of carbonyl (C=O) groups excluding carboxylic acids is 1. The van der Waals surface area contributed by atoms with Gasteiger partial charge in [-0.05, 0) is 56.9 Å². The van der Waals surface area contributed by atoms with E-state index in [1.54, 1.807) is 24.3 Å². The topological polar surface area (TPSA) is 58.1 Å². The van der Waals surface area contributed by atoms with E-state index in [0.29, 0.717) is 27.4 Å². The second-order valence-corrected chi connectivity index (χ2v) is 7.34. The lowest BCUT2D eigenvalue weighted by Gasteiger charge is -2.35. The average Bonchev–Trinajstić information content (AvgIpc) is 2.63. The number of nitrogens with zero attached hydrogens (tertiary/aromatic N) is 3. The predicted octanol–water partition coefficient (Wildman–Crippen LogP) is 5.24. The monoisotopic (exact) mass is 392 g/mol. The van der Waals surface area contributed by atoms with Crippen LogP contribution in [0.1, 0.15) is 48.8 Å². The van der Waals surface area contributed by atoms with Crippen molar-refractivity contribution >= 4 is 40.7 Å². The number of nitrogens with one attached hydrogen (secondary N) is 1. The van der Waals surface area contributed by atoms with Crippen molar-refractivity contribution in [1.29, 1.82) is 0 Å². The van der Waals surface area contributed by atoms with Crippen LogP contribution in [0, 0.1) is 6.92 Å². The molecule has 0 spiro atoms. The Morgan fingerprint density at radius 3 is 2.77 bits per heavy atom. The standard InChI is InChI=1S/C19H22Cl2N4O/c1-3-14-6-4-5-9-25(14)18(26)17-10-12(2)22-19(24-17)23-13-7-8-15(20)16(21)11-13/h7-8,10-11,14H,3-6,9H2,1-2H3,(H,22,23,24). The molecule has 1 aromatic heterocycles. The van der Waals surface area contributed by atoms with E-state index >= 15 is 0 Å². The van der Waals surface area contributed by atoms with Crippen LogP contribution in [0.25, 0.3) is 0 Å². The molecule has 0 aliphatic carbocycles. The number of benzene rings is 1. The van der Waals surface area contributed by atoms with Gasteiger partial charge in [-0.3, -0.25) is 4.79 Å². The van der Waals surface area contributed by atoms with Gasteiger partial charge in [-0.25, -0.2) is 9.97 Å². The normalized spacial score (nSPS) is 17.2. The molecule has 138 valence electrons. The summed E-state index contributed by atoms with van der Waals surface area (Å²) < 4.78 is 0. The van der Waals surface area contributed by atoms with Crippen LogP contribution in [0.4, 0.5) is 11.6 Å². The second kappa shape index (κ2) is 8.23. The molecule has 1 aromatic carbocycles. The van der Waals surface area contributed by atoms with Crippen molar-refractivity contribution in [2.45, 2.75) is 45.6 Å². The van der Waals surface area contributed by atoms with E-state index in [1.165, 1.54) is 6.42 Å². The first-order chi connectivity index (χ1) is 12.5. The van der Waals surface area contributed by atoms with Gasteiger partial charge in [0.1, 0.15) is 5.69 Å². The van der Waals surface area contributed by atoms with Crippen LogP contribution in [0.15, 0.2) is 24.3 Å². The number of amides is 1. The molecule has 2 aromatic rings. The Balaban J connectivity index is 1.84. The zero-order valence-corrected chi connectivity index (χ0v) is 16.4. The number of hydrogen-bond donors (Lipinski definition) is 1. The van der Waals surface area contributed by atoms with Gasteiger partial charge in [-0.2, -0.15) is 0 Å². The molecule has 0 radical (unpaired) electrons. The van der Waals surface area contributed by atoms with Crippen LogP contribution < -0.4 is 5.32 Å². The zero-order valence-electron chi connectivity index (χ0n) is 14.9. The van der Waals surface area contributed by atoms with Crippen LogP contribution in [-0.2, 0) is 0 Å². The summed E-state index contributed by atoms with van der Waals surface area (Å²) in [6.45, 7) is 4.76. The molecule has 1 N–H and O–H groups in total. The smallest absolute Gasteiger partial charge is 0.272 e. The zero-order chi connectivity index (χ0) is 18.7. The first kappa shape index (κ1) is 18.9. The van der Waals surface area contributed by atoms with E-state index in [4.69, 9.17) is 23.2 Å². The number of halogens is 2. The van der Waals surface area contributed by atoms with E-state index in [-0.39, 0.29) is 11.9 Å². The number of aryl methyl sites for hydroxylation is 1. The molecule has 5 nitrogen and oxygen atoms in total. The molecule has 1 fully saturated rings. The Hall–Kier alpha value is -1.85. The van der Waals surface area contributed by atoms with E-state index < -0.39 is 0 Å². The van der Waals surface area contributed by atoms with Crippen LogP contribution in [0.2, 0.25) is 10.0 Å². The fraction of sp³-hybridized carbons (Fsp3) is 0.421. The van der Waals surface area contributed by atoms with Crippen molar-refractivity contribution in [2.24, 2.45) is 0 Å². The van der Waals surface area contributed by atoms with Crippen molar-refractivity contribution < 1.29 is 4.79 Å². The molecular weight excluding hydrogens is 371 g/mol. The molecule has 0 saturated carbocycles. The number of likely N-dealkylation sites (tertiary alicyclic amines) is 1. The third kappa shape index (κ3) is 4.27. The first-order valence-electron chi connectivity index (χ1n) is 8.86. The Labute approximate surface area is 163 Å². The SMILES string of the molecule is CCC1CCCCN1C(=O)c1cc(C)nc(Nc2ccc(Cl)c(Cl)c2)n1. The molecule has 1 aliphatic rings. The summed E-state index contributed by atoms with van der Waals surface area (Å²) in [5.41, 5.74) is 1.86. The van der Waals surface area contributed by atoms with Crippen molar-refractivity contribution in [2.75, 3.05) is 11.9 Å². The molecule has 1 atom stereocenters. The fourth-order valence-corrected chi connectivity index (χ4v) is 3.57. The molecular formula is C19H22Cl2N4O. The maximum atomic E-state index is 13.0. The summed E-state index contributed by atoms with van der Waals surface area (Å²) in [6.07, 6.45) is 4.24. The minimum Gasteiger partial charge on any atom is -0.334 e. The lowest BCUT2D eigenvalue weighted by molar-refractivity contribution is 0.0602. The quantitative estimate of drug-likeness (QED) is 0.772. The third-order valence-corrected chi connectivity index (χ3v) is 5.35. The summed E-state index contributed by atoms with van der Waals surface area (Å²) in [7, 11) is 0. The van der Waals surface area contributed by atoms with Gasteiger partial charge in [0.05, 0.1) is 10.0 Å². The van der Waals surface area contributed by atoms with E-state index in [1.807, 2.05) is 11.8 Å². The maximum absolute atomic E-state index is 13.0. The molecule has 0 bridgehead atoms. The minimum atomic E-state index is -0.0285. The minimum absolute atomic E-state index is 0.0285. The lowest BCUT2D eigenvalue weighted by Crippen LogP contribution is -2.43. The number of carbonyl (C=O) groups is 1. The van der Waals surface area contributed by atoms with Gasteiger partial charge in [0.25, 0.3) is 5.91 Å². The third-order valence-electron chi connectivity index (χ3n) is 4.61. The van der Waals surface area contributed by atoms with Gasteiger partial charge in [0, 0.05) is 24.0 Å². The number of aromatic nitrogens is 2. The van der Waals surface area contributed by atoms with Gasteiger partial charge in [0.15, 0.2) is 0 Å². The Kier molecular flexibility index (Phi) is 5.99. The van der Waals surface area contributed by atoms with Gasteiger partial charge < -0.3 is 10.2 Å². The Bertz CT molecular complexity index is 812. The van der Waals surface area contributed by atoms with Crippen LogP contribution in [-0.4, -0.2) is 33.4 Å². The van der Waals surface area contributed by atoms with E-state index in [9.17, 15) is 4.79 Å². The largest absolute Gasteiger partial charge is 0.334 e. The Morgan fingerprint density at radius 1 is 1.23 bits per heavy atom. The van der Waals surface area contributed by atoms with Crippen molar-refractivity contribution in [3.8, 4) is 0 Å². The lowest BCUT2D eigenvalue weighted by atomic mass is 9.99. The number of hydrogen-bond acceptors (Lipinski definition) is 4. The van der Waals surface area contributed by atoms with Gasteiger partial charge >= 0.3 is 0 Å². The predicted molar refractivity (Wildman–Crippen MR) is 105 cm³/mol. The summed E-state index contributed by atoms with van der Waals surface area (Å²) in [4.78, 5) is 23.8. The van der Waals surface area contributed by atoms with Crippen molar-refractivity contribution in [3.05, 3.63) is 45.7 Å². The van der Waals surface area contributed by atoms with Crippen molar-refractivity contribution in [1.82, 2.24) is 14.9 Å². The molecule has 26 heavy (non-hydrogen) atoms. The molecule has 1 aliphatic heterocycles. The van der Waals surface area contributed by atoms with Gasteiger partial charge in [-0.15, -0.1) is 0 Å². The highest BCUT2D eigenvalue weighted by Crippen LogP contribution is 2.27. The van der Waals surface area contributed by atoms with Gasteiger partial charge in [-0.1, -0.05) is 30.1 Å². The average molecular weight is 393 g/mol. The van der Waals surface area contributed by atoms with Gasteiger partial charge in [0.2, 0.25) is 5.95 Å². The first-order valence-corrected chi connectivity index (χ1v) is 9.62. The number of anilines is 2. The summed E-state index contributed by atoms with van der Waals surface area (Å²) in [5, 5.41) is 4.02. The number of piperidine rings is 1. The summed E-state index contributed by atoms with van der Waals surface area (Å²) in [6, 6.07) is 7.23. The van der Waals surface area contributed by atoms with Crippen LogP contribution in [0.5, 0.6) is 0 Å². The highest BCUT2D eigenvalue weighted by Gasteiger charge is 2.27. The maximum Gasteiger partial charge on any atom is 0.272 e. The van der Waals surface area contributed by atoms with Crippen molar-refractivity contribution in [3.63, 3.8) is 0 Å². The summed E-state index contributed by atoms with van der Waals surface area (Å²) >= 11 is 12.0. The van der Waals surface area contributed by atoms with E-state index in [0.717, 1.165) is 31.5 Å². The highest BCUT2D eigenvalue weighted by molar-refractivity contribution is 6.42. The molecule has 2 heterocycles. The molecule has 1 saturated heterocycles. The molecule has 1 amide bonds. The molecule has 3 rings (SSSR count). The van der Waals surface area contributed by atoms with E-state index in [2.05, 4.69) is 22.2 Å². The number of rotatable bonds is 4. The summed E-state index contributed by atoms with van der Waals surface area (Å²) in [5.74, 6) is 0.344. The molecule has 1 unspecified atom stereocenters.